The Labute approximate surface area is 141 Å². The summed E-state index contributed by atoms with van der Waals surface area (Å²) in [7, 11) is 0. The molecule has 0 saturated heterocycles. The summed E-state index contributed by atoms with van der Waals surface area (Å²) in [5.41, 5.74) is 1.26. The number of hydrogen-bond donors (Lipinski definition) is 1. The highest BCUT2D eigenvalue weighted by atomic mass is 35.5. The smallest absolute Gasteiger partial charge is 0.317 e. The molecule has 1 aliphatic rings. The van der Waals surface area contributed by atoms with Crippen molar-refractivity contribution in [1.29, 1.82) is 0 Å². The van der Waals surface area contributed by atoms with Crippen LogP contribution in [0.1, 0.15) is 30.2 Å². The molecule has 1 aliphatic heterocycles. The van der Waals surface area contributed by atoms with E-state index in [0.29, 0.717) is 26.1 Å². The molecule has 1 aromatic heterocycles. The number of amides is 1. The minimum Gasteiger partial charge on any atom is -0.480 e. The molecule has 1 amide bonds. The van der Waals surface area contributed by atoms with Gasteiger partial charge in [-0.25, -0.2) is 0 Å². The Morgan fingerprint density at radius 1 is 1.41 bits per heavy atom. The van der Waals surface area contributed by atoms with Crippen molar-refractivity contribution in [1.82, 2.24) is 9.80 Å². The average Bonchev–Trinajstić information content (AvgIpc) is 2.91. The second kappa shape index (κ2) is 9.12. The van der Waals surface area contributed by atoms with Gasteiger partial charge in [0.1, 0.15) is 0 Å². The number of halogens is 1. The van der Waals surface area contributed by atoms with Gasteiger partial charge in [-0.3, -0.25) is 14.5 Å². The Balaban J connectivity index is 0.00000242. The van der Waals surface area contributed by atoms with E-state index in [2.05, 4.69) is 11.4 Å². The standard InChI is InChI=1S/C15H22N2O3S.ClH/c1-2-6-16(11-15(19)20)7-4-14(18)17-8-3-13-12(10-17)5-9-21-13;/h5,9H,2-4,6-8,10-11H2,1H3,(H,19,20);1H. The van der Waals surface area contributed by atoms with Crippen LogP contribution in [0.15, 0.2) is 11.4 Å². The molecule has 7 heteroatoms. The van der Waals surface area contributed by atoms with E-state index >= 15 is 0 Å². The highest BCUT2D eigenvalue weighted by Gasteiger charge is 2.21. The van der Waals surface area contributed by atoms with Crippen molar-refractivity contribution < 1.29 is 14.7 Å². The first-order valence-corrected chi connectivity index (χ1v) is 8.25. The van der Waals surface area contributed by atoms with Gasteiger partial charge in [-0.1, -0.05) is 6.92 Å². The molecule has 0 aliphatic carbocycles. The van der Waals surface area contributed by atoms with E-state index in [4.69, 9.17) is 5.11 Å². The van der Waals surface area contributed by atoms with Crippen LogP contribution in [-0.2, 0) is 22.6 Å². The number of nitrogens with zero attached hydrogens (tertiary/aromatic N) is 2. The quantitative estimate of drug-likeness (QED) is 0.822. The van der Waals surface area contributed by atoms with Crippen LogP contribution in [0, 0.1) is 0 Å². The van der Waals surface area contributed by atoms with E-state index in [0.717, 1.165) is 19.4 Å². The predicted molar refractivity (Wildman–Crippen MR) is 89.7 cm³/mol. The summed E-state index contributed by atoms with van der Waals surface area (Å²) in [5, 5.41) is 11.0. The lowest BCUT2D eigenvalue weighted by atomic mass is 10.1. The topological polar surface area (TPSA) is 60.9 Å². The molecule has 0 spiro atoms. The Kier molecular flexibility index (Phi) is 7.85. The van der Waals surface area contributed by atoms with Gasteiger partial charge in [-0.15, -0.1) is 23.7 Å². The molecule has 1 aromatic rings. The summed E-state index contributed by atoms with van der Waals surface area (Å²) < 4.78 is 0. The zero-order chi connectivity index (χ0) is 15.2. The summed E-state index contributed by atoms with van der Waals surface area (Å²) in [6.07, 6.45) is 2.22. The molecule has 0 unspecified atom stereocenters. The first-order valence-electron chi connectivity index (χ1n) is 7.37. The number of carbonyl (C=O) groups is 2. The fourth-order valence-electron chi connectivity index (χ4n) is 2.65. The second-order valence-corrected chi connectivity index (χ2v) is 6.35. The van der Waals surface area contributed by atoms with E-state index in [1.165, 1.54) is 10.4 Å². The minimum atomic E-state index is -0.836. The first-order chi connectivity index (χ1) is 10.1. The SMILES string of the molecule is CCCN(CCC(=O)N1CCc2sccc2C1)CC(=O)O.Cl. The lowest BCUT2D eigenvalue weighted by Crippen LogP contribution is -2.38. The summed E-state index contributed by atoms with van der Waals surface area (Å²) >= 11 is 1.76. The number of carboxylic acid groups (broad SMARTS) is 1. The van der Waals surface area contributed by atoms with E-state index in [-0.39, 0.29) is 24.9 Å². The van der Waals surface area contributed by atoms with Gasteiger partial charge in [0, 0.05) is 30.9 Å². The summed E-state index contributed by atoms with van der Waals surface area (Å²) in [6.45, 7) is 4.73. The normalized spacial score (nSPS) is 13.6. The third-order valence-electron chi connectivity index (χ3n) is 3.70. The Hall–Kier alpha value is -1.11. The van der Waals surface area contributed by atoms with Crippen LogP contribution in [0.4, 0.5) is 0 Å². The van der Waals surface area contributed by atoms with Gasteiger partial charge in [0.25, 0.3) is 0 Å². The maximum absolute atomic E-state index is 12.3. The van der Waals surface area contributed by atoms with Crippen LogP contribution in [0.25, 0.3) is 0 Å². The van der Waals surface area contributed by atoms with Crippen LogP contribution in [0.5, 0.6) is 0 Å². The molecule has 0 bridgehead atoms. The van der Waals surface area contributed by atoms with Crippen molar-refractivity contribution in [2.45, 2.75) is 32.7 Å². The van der Waals surface area contributed by atoms with Crippen molar-refractivity contribution in [3.8, 4) is 0 Å². The van der Waals surface area contributed by atoms with Crippen LogP contribution in [0.2, 0.25) is 0 Å². The van der Waals surface area contributed by atoms with Crippen molar-refractivity contribution in [3.63, 3.8) is 0 Å². The number of aliphatic carboxylic acids is 1. The molecule has 5 nitrogen and oxygen atoms in total. The molecule has 0 atom stereocenters. The Bertz CT molecular complexity index is 507. The molecule has 0 aromatic carbocycles. The Morgan fingerprint density at radius 3 is 2.86 bits per heavy atom. The predicted octanol–water partition coefficient (Wildman–Crippen LogP) is 2.24. The van der Waals surface area contributed by atoms with Crippen molar-refractivity contribution in [3.05, 3.63) is 21.9 Å². The minimum absolute atomic E-state index is 0. The van der Waals surface area contributed by atoms with Gasteiger partial charge in [-0.05, 0) is 36.4 Å². The zero-order valence-electron chi connectivity index (χ0n) is 12.8. The fourth-order valence-corrected chi connectivity index (χ4v) is 3.54. The number of hydrogen-bond acceptors (Lipinski definition) is 4. The van der Waals surface area contributed by atoms with Crippen LogP contribution in [0.3, 0.4) is 0 Å². The van der Waals surface area contributed by atoms with Crippen LogP contribution >= 0.6 is 23.7 Å². The zero-order valence-corrected chi connectivity index (χ0v) is 14.4. The average molecular weight is 347 g/mol. The largest absolute Gasteiger partial charge is 0.480 e. The third kappa shape index (κ3) is 5.26. The number of carboxylic acids is 1. The molecular weight excluding hydrogens is 324 g/mol. The molecule has 1 N–H and O–H groups in total. The number of thiophene rings is 1. The van der Waals surface area contributed by atoms with Gasteiger partial charge < -0.3 is 10.0 Å². The molecule has 0 saturated carbocycles. The maximum atomic E-state index is 12.3. The van der Waals surface area contributed by atoms with Crippen LogP contribution in [-0.4, -0.2) is 53.0 Å². The highest BCUT2D eigenvalue weighted by Crippen LogP contribution is 2.24. The molecule has 0 fully saturated rings. The van der Waals surface area contributed by atoms with Gasteiger partial charge in [0.05, 0.1) is 6.54 Å². The Morgan fingerprint density at radius 2 is 2.18 bits per heavy atom. The van der Waals surface area contributed by atoms with Gasteiger partial charge in [-0.2, -0.15) is 0 Å². The molecular formula is C15H23ClN2O3S. The number of rotatable bonds is 7. The van der Waals surface area contributed by atoms with Crippen molar-refractivity contribution >= 4 is 35.6 Å². The fraction of sp³-hybridized carbons (Fsp3) is 0.600. The van der Waals surface area contributed by atoms with Crippen molar-refractivity contribution in [2.75, 3.05) is 26.2 Å². The monoisotopic (exact) mass is 346 g/mol. The van der Waals surface area contributed by atoms with E-state index in [1.807, 2.05) is 16.7 Å². The van der Waals surface area contributed by atoms with E-state index in [9.17, 15) is 9.59 Å². The lowest BCUT2D eigenvalue weighted by molar-refractivity contribution is -0.139. The molecule has 22 heavy (non-hydrogen) atoms. The second-order valence-electron chi connectivity index (χ2n) is 5.35. The van der Waals surface area contributed by atoms with Crippen LogP contribution < -0.4 is 0 Å². The van der Waals surface area contributed by atoms with Crippen molar-refractivity contribution in [2.24, 2.45) is 0 Å². The van der Waals surface area contributed by atoms with E-state index in [1.54, 1.807) is 11.3 Å². The van der Waals surface area contributed by atoms with E-state index < -0.39 is 5.97 Å². The van der Waals surface area contributed by atoms with Gasteiger partial charge >= 0.3 is 5.97 Å². The number of carbonyl (C=O) groups excluding carboxylic acids is 1. The lowest BCUT2D eigenvalue weighted by Gasteiger charge is -2.28. The third-order valence-corrected chi connectivity index (χ3v) is 4.72. The van der Waals surface area contributed by atoms with Gasteiger partial charge in [0.15, 0.2) is 0 Å². The summed E-state index contributed by atoms with van der Waals surface area (Å²) in [6, 6.07) is 2.09. The number of fused-ring (bicyclic) bond motifs is 1. The molecule has 2 heterocycles. The molecule has 2 rings (SSSR count). The summed E-state index contributed by atoms with van der Waals surface area (Å²) in [5.74, 6) is -0.713. The van der Waals surface area contributed by atoms with Gasteiger partial charge in [0.2, 0.25) is 5.91 Å². The highest BCUT2D eigenvalue weighted by molar-refractivity contribution is 7.10. The summed E-state index contributed by atoms with van der Waals surface area (Å²) in [4.78, 5) is 28.2. The molecule has 0 radical (unpaired) electrons. The maximum Gasteiger partial charge on any atom is 0.317 e. The first kappa shape index (κ1) is 18.9. The molecule has 124 valence electrons.